The molecule has 1 aromatic rings. The van der Waals surface area contributed by atoms with E-state index in [9.17, 15) is 4.79 Å². The van der Waals surface area contributed by atoms with Crippen molar-refractivity contribution in [1.29, 1.82) is 0 Å². The van der Waals surface area contributed by atoms with Crippen LogP contribution < -0.4 is 5.32 Å². The molecule has 5 heteroatoms. The topological polar surface area (TPSA) is 67.2 Å². The second kappa shape index (κ2) is 6.79. The summed E-state index contributed by atoms with van der Waals surface area (Å²) in [6.07, 6.45) is 5.90. The Bertz CT molecular complexity index is 344. The highest BCUT2D eigenvalue weighted by Crippen LogP contribution is 1.98. The molecular weight excluding hydrogens is 206 g/mol. The van der Waals surface area contributed by atoms with Gasteiger partial charge < -0.3 is 10.4 Å². The number of hydrogen-bond acceptors (Lipinski definition) is 3. The van der Waals surface area contributed by atoms with E-state index in [0.717, 1.165) is 13.1 Å². The first-order valence-electron chi connectivity index (χ1n) is 5.34. The van der Waals surface area contributed by atoms with Crippen molar-refractivity contribution >= 4 is 5.97 Å². The van der Waals surface area contributed by atoms with Gasteiger partial charge in [-0.25, -0.2) is 4.79 Å². The molecule has 0 saturated heterocycles. The number of carboxylic acids is 1. The first kappa shape index (κ1) is 12.4. The summed E-state index contributed by atoms with van der Waals surface area (Å²) in [4.78, 5) is 10.7. The molecule has 88 valence electrons. The van der Waals surface area contributed by atoms with Gasteiger partial charge in [0.05, 0.1) is 6.54 Å². The van der Waals surface area contributed by atoms with Crippen LogP contribution in [0.1, 0.15) is 13.3 Å². The van der Waals surface area contributed by atoms with Gasteiger partial charge in [-0.1, -0.05) is 13.0 Å². The molecule has 16 heavy (non-hydrogen) atoms. The fourth-order valence-corrected chi connectivity index (χ4v) is 1.31. The number of nitrogens with zero attached hydrogens (tertiary/aromatic N) is 2. The third-order valence-electron chi connectivity index (χ3n) is 2.23. The van der Waals surface area contributed by atoms with Gasteiger partial charge in [-0.2, -0.15) is 5.10 Å². The van der Waals surface area contributed by atoms with Gasteiger partial charge in [0.15, 0.2) is 0 Å². The highest BCUT2D eigenvalue weighted by Gasteiger charge is 2.02. The molecule has 0 saturated carbocycles. The number of carboxylic acid groups (broad SMARTS) is 1. The Labute approximate surface area is 94.8 Å². The minimum Gasteiger partial charge on any atom is -0.478 e. The minimum absolute atomic E-state index is 0.451. The minimum atomic E-state index is -0.837. The van der Waals surface area contributed by atoms with Crippen molar-refractivity contribution in [2.75, 3.05) is 13.1 Å². The molecule has 2 N–H and O–H groups in total. The Morgan fingerprint density at radius 2 is 2.44 bits per heavy atom. The van der Waals surface area contributed by atoms with Gasteiger partial charge in [-0.3, -0.25) is 4.68 Å². The summed E-state index contributed by atoms with van der Waals surface area (Å²) in [7, 11) is 0. The molecule has 1 aromatic heterocycles. The summed E-state index contributed by atoms with van der Waals surface area (Å²) >= 11 is 0. The third kappa shape index (κ3) is 4.27. The summed E-state index contributed by atoms with van der Waals surface area (Å²) in [5.74, 6) is -0.837. The van der Waals surface area contributed by atoms with Crippen molar-refractivity contribution in [2.24, 2.45) is 0 Å². The zero-order valence-corrected chi connectivity index (χ0v) is 9.39. The predicted octanol–water partition coefficient (Wildman–Crippen LogP) is 0.894. The number of carbonyl (C=O) groups is 1. The molecule has 0 spiro atoms. The molecular formula is C11H17N3O2. The molecule has 0 atom stereocenters. The van der Waals surface area contributed by atoms with Gasteiger partial charge >= 0.3 is 5.97 Å². The number of rotatable bonds is 7. The number of nitrogens with one attached hydrogen (secondary N) is 1. The fraction of sp³-hybridized carbons (Fsp3) is 0.455. The summed E-state index contributed by atoms with van der Waals surface area (Å²) in [5.41, 5.74) is 0.451. The Balaban J connectivity index is 2.18. The second-order valence-electron chi connectivity index (χ2n) is 3.36. The monoisotopic (exact) mass is 223 g/mol. The standard InChI is InChI=1S/C11H17N3O2/c1-2-10(11(15)16)4-6-12-7-9-14-8-3-5-13-14/h3-5,8,12H,2,6-7,9H2,1H3,(H,15,16)/b10-4-. The lowest BCUT2D eigenvalue weighted by molar-refractivity contribution is -0.132. The van der Waals surface area contributed by atoms with E-state index in [1.165, 1.54) is 0 Å². The maximum absolute atomic E-state index is 10.7. The third-order valence-corrected chi connectivity index (χ3v) is 2.23. The van der Waals surface area contributed by atoms with E-state index in [1.807, 2.05) is 23.9 Å². The number of hydrogen-bond donors (Lipinski definition) is 2. The molecule has 0 bridgehead atoms. The van der Waals surface area contributed by atoms with E-state index in [0.29, 0.717) is 18.5 Å². The van der Waals surface area contributed by atoms with Gasteiger partial charge in [-0.15, -0.1) is 0 Å². The predicted molar refractivity (Wildman–Crippen MR) is 61.1 cm³/mol. The van der Waals surface area contributed by atoms with Crippen LogP contribution in [0.2, 0.25) is 0 Å². The van der Waals surface area contributed by atoms with Crippen LogP contribution in [0.5, 0.6) is 0 Å². The molecule has 0 aliphatic rings. The summed E-state index contributed by atoms with van der Waals surface area (Å²) in [6, 6.07) is 1.87. The van der Waals surface area contributed by atoms with Crippen LogP contribution in [0.3, 0.4) is 0 Å². The highest BCUT2D eigenvalue weighted by atomic mass is 16.4. The number of aromatic nitrogens is 2. The smallest absolute Gasteiger partial charge is 0.331 e. The molecule has 1 heterocycles. The normalized spacial score (nSPS) is 11.7. The van der Waals surface area contributed by atoms with Crippen molar-refractivity contribution in [3.05, 3.63) is 30.1 Å². The highest BCUT2D eigenvalue weighted by molar-refractivity contribution is 5.86. The second-order valence-corrected chi connectivity index (χ2v) is 3.36. The van der Waals surface area contributed by atoms with Gasteiger partial charge in [0.1, 0.15) is 0 Å². The number of aliphatic carboxylic acids is 1. The molecule has 1 rings (SSSR count). The Morgan fingerprint density at radius 3 is 3.00 bits per heavy atom. The van der Waals surface area contributed by atoms with Crippen LogP contribution in [-0.2, 0) is 11.3 Å². The maximum Gasteiger partial charge on any atom is 0.331 e. The Hall–Kier alpha value is -1.62. The molecule has 0 radical (unpaired) electrons. The lowest BCUT2D eigenvalue weighted by Crippen LogP contribution is -2.20. The quantitative estimate of drug-likeness (QED) is 0.532. The zero-order chi connectivity index (χ0) is 11.8. The van der Waals surface area contributed by atoms with Crippen molar-refractivity contribution in [1.82, 2.24) is 15.1 Å². The summed E-state index contributed by atoms with van der Waals surface area (Å²) < 4.78 is 1.83. The van der Waals surface area contributed by atoms with Crippen molar-refractivity contribution < 1.29 is 9.90 Å². The van der Waals surface area contributed by atoms with Crippen LogP contribution in [0.15, 0.2) is 30.1 Å². The molecule has 0 aliphatic carbocycles. The largest absolute Gasteiger partial charge is 0.478 e. The Morgan fingerprint density at radius 1 is 1.62 bits per heavy atom. The van der Waals surface area contributed by atoms with Crippen LogP contribution in [0.4, 0.5) is 0 Å². The van der Waals surface area contributed by atoms with Crippen molar-refractivity contribution in [3.8, 4) is 0 Å². The molecule has 0 aromatic carbocycles. The summed E-state index contributed by atoms with van der Waals surface area (Å²) in [6.45, 7) is 3.98. The first-order valence-corrected chi connectivity index (χ1v) is 5.34. The van der Waals surface area contributed by atoms with Crippen LogP contribution in [0, 0.1) is 0 Å². The molecule has 0 unspecified atom stereocenters. The lowest BCUT2D eigenvalue weighted by Gasteiger charge is -2.03. The van der Waals surface area contributed by atoms with Gasteiger partial charge in [0.25, 0.3) is 0 Å². The van der Waals surface area contributed by atoms with E-state index in [4.69, 9.17) is 5.11 Å². The van der Waals surface area contributed by atoms with Crippen LogP contribution in [-0.4, -0.2) is 33.9 Å². The summed E-state index contributed by atoms with van der Waals surface area (Å²) in [5, 5.41) is 16.0. The van der Waals surface area contributed by atoms with E-state index in [1.54, 1.807) is 12.3 Å². The molecule has 5 nitrogen and oxygen atoms in total. The Kier molecular flexibility index (Phi) is 5.28. The van der Waals surface area contributed by atoms with Crippen molar-refractivity contribution in [2.45, 2.75) is 19.9 Å². The van der Waals surface area contributed by atoms with Gasteiger partial charge in [0, 0.05) is 31.1 Å². The first-order chi connectivity index (χ1) is 7.74. The fourth-order valence-electron chi connectivity index (χ4n) is 1.31. The maximum atomic E-state index is 10.7. The zero-order valence-electron chi connectivity index (χ0n) is 9.39. The average Bonchev–Trinajstić information content (AvgIpc) is 2.75. The van der Waals surface area contributed by atoms with Crippen LogP contribution in [0.25, 0.3) is 0 Å². The molecule has 0 fully saturated rings. The average molecular weight is 223 g/mol. The lowest BCUT2D eigenvalue weighted by atomic mass is 10.2. The van der Waals surface area contributed by atoms with Gasteiger partial charge in [-0.05, 0) is 12.5 Å². The van der Waals surface area contributed by atoms with E-state index in [2.05, 4.69) is 10.4 Å². The van der Waals surface area contributed by atoms with E-state index >= 15 is 0 Å². The van der Waals surface area contributed by atoms with E-state index in [-0.39, 0.29) is 0 Å². The van der Waals surface area contributed by atoms with Crippen LogP contribution >= 0.6 is 0 Å². The van der Waals surface area contributed by atoms with E-state index < -0.39 is 5.97 Å². The van der Waals surface area contributed by atoms with Gasteiger partial charge in [0.2, 0.25) is 0 Å². The SMILES string of the molecule is CC/C(=C/CNCCn1cccn1)C(=O)O. The van der Waals surface area contributed by atoms with Crippen molar-refractivity contribution in [3.63, 3.8) is 0 Å². The molecule has 0 aliphatic heterocycles. The molecule has 0 amide bonds.